The Balaban J connectivity index is 2.61. The average molecular weight is 189 g/mol. The molecule has 2 aromatic heterocycles. The van der Waals surface area contributed by atoms with Crippen LogP contribution in [0, 0.1) is 0 Å². The number of aromatic amines is 1. The number of rotatable bonds is 2. The molecule has 0 amide bonds. The molecule has 0 aliphatic rings. The number of hydrogen-bond acceptors (Lipinski definition) is 2. The Bertz CT molecular complexity index is 470. The summed E-state index contributed by atoms with van der Waals surface area (Å²) >= 11 is 0. The van der Waals surface area contributed by atoms with Crippen LogP contribution in [0.4, 0.5) is 0 Å². The molecular weight excluding hydrogens is 176 g/mol. The summed E-state index contributed by atoms with van der Waals surface area (Å²) in [5.74, 6) is 0. The molecule has 0 unspecified atom stereocenters. The second-order valence-corrected chi connectivity index (χ2v) is 3.15. The maximum absolute atomic E-state index is 4.28. The van der Waals surface area contributed by atoms with Crippen molar-refractivity contribution >= 4 is 16.6 Å². The van der Waals surface area contributed by atoms with Crippen molar-refractivity contribution in [3.63, 3.8) is 0 Å². The highest BCUT2D eigenvalue weighted by atomic mass is 14.9. The molecule has 2 aromatic rings. The number of allylic oxidation sites excluding steroid dienone is 1. The van der Waals surface area contributed by atoms with Gasteiger partial charge in [-0.05, 0) is 13.0 Å². The Morgan fingerprint density at radius 1 is 1.50 bits per heavy atom. The highest BCUT2D eigenvalue weighted by Gasteiger charge is 2.06. The summed E-state index contributed by atoms with van der Waals surface area (Å²) in [6, 6.07) is 2.00. The minimum Gasteiger partial charge on any atom is -0.346 e. The fraction of sp³-hybridized carbons (Fsp3) is 0.200. The van der Waals surface area contributed by atoms with Crippen LogP contribution in [0.2, 0.25) is 0 Å². The van der Waals surface area contributed by atoms with Gasteiger partial charge in [-0.1, -0.05) is 0 Å². The van der Waals surface area contributed by atoms with Crippen molar-refractivity contribution < 1.29 is 5.32 Å². The zero-order valence-electron chi connectivity index (χ0n) is 8.28. The molecule has 0 saturated heterocycles. The number of hydrogen-bond donors (Lipinski definition) is 2. The zero-order chi connectivity index (χ0) is 9.97. The molecular formula is C10H13N4+. The van der Waals surface area contributed by atoms with Gasteiger partial charge < -0.3 is 10.3 Å². The van der Waals surface area contributed by atoms with E-state index in [1.165, 1.54) is 0 Å². The van der Waals surface area contributed by atoms with E-state index in [4.69, 9.17) is 0 Å². The van der Waals surface area contributed by atoms with Gasteiger partial charge in [0.2, 0.25) is 0 Å². The van der Waals surface area contributed by atoms with E-state index in [0.717, 1.165) is 22.3 Å². The molecule has 14 heavy (non-hydrogen) atoms. The van der Waals surface area contributed by atoms with Crippen molar-refractivity contribution in [2.75, 3.05) is 7.05 Å². The third-order valence-corrected chi connectivity index (χ3v) is 2.14. The summed E-state index contributed by atoms with van der Waals surface area (Å²) in [6.07, 6.45) is 5.52. The van der Waals surface area contributed by atoms with Crippen molar-refractivity contribution in [2.45, 2.75) is 6.92 Å². The van der Waals surface area contributed by atoms with Crippen molar-refractivity contribution in [3.8, 4) is 0 Å². The molecule has 0 bridgehead atoms. The minimum atomic E-state index is 0.888. The largest absolute Gasteiger partial charge is 0.346 e. The standard InChI is InChI=1S/C10H12N4/c1-7(5-11-2)9-8-3-4-12-10(8)14-6-13-9/h3-6,11H,1-2H3,(H,12,13,14)/p+1/b7-5-. The van der Waals surface area contributed by atoms with Gasteiger partial charge in [0.15, 0.2) is 0 Å². The fourth-order valence-corrected chi connectivity index (χ4v) is 1.52. The summed E-state index contributed by atoms with van der Waals surface area (Å²) in [7, 11) is 2.00. The third-order valence-electron chi connectivity index (χ3n) is 2.14. The maximum Gasteiger partial charge on any atom is 0.141 e. The number of nitrogens with zero attached hydrogens (tertiary/aromatic N) is 2. The fourth-order valence-electron chi connectivity index (χ4n) is 1.52. The van der Waals surface area contributed by atoms with Gasteiger partial charge in [-0.25, -0.2) is 9.97 Å². The second-order valence-electron chi connectivity index (χ2n) is 3.15. The van der Waals surface area contributed by atoms with Gasteiger partial charge in [0, 0.05) is 17.2 Å². The van der Waals surface area contributed by atoms with Crippen molar-refractivity contribution in [3.05, 3.63) is 30.5 Å². The molecule has 2 rings (SSSR count). The van der Waals surface area contributed by atoms with E-state index in [2.05, 4.69) is 28.1 Å². The van der Waals surface area contributed by atoms with E-state index in [9.17, 15) is 0 Å². The first-order valence-electron chi connectivity index (χ1n) is 4.57. The van der Waals surface area contributed by atoms with E-state index in [-0.39, 0.29) is 0 Å². The molecule has 4 heteroatoms. The Labute approximate surface area is 82.1 Å². The Morgan fingerprint density at radius 2 is 2.36 bits per heavy atom. The van der Waals surface area contributed by atoms with Gasteiger partial charge in [0.05, 0.1) is 18.9 Å². The average Bonchev–Trinajstić information content (AvgIpc) is 2.65. The van der Waals surface area contributed by atoms with E-state index in [1.54, 1.807) is 6.33 Å². The predicted octanol–water partition coefficient (Wildman–Crippen LogP) is 0.512. The SMILES string of the molecule is C[NH2+]/C=C(/C)c1ncnc2[nH]ccc12. The predicted molar refractivity (Wildman–Crippen MR) is 55.4 cm³/mol. The topological polar surface area (TPSA) is 58.2 Å². The lowest BCUT2D eigenvalue weighted by Gasteiger charge is -1.99. The highest BCUT2D eigenvalue weighted by molar-refractivity contribution is 5.86. The lowest BCUT2D eigenvalue weighted by atomic mass is 10.1. The van der Waals surface area contributed by atoms with Gasteiger partial charge in [-0.2, -0.15) is 0 Å². The number of fused-ring (bicyclic) bond motifs is 1. The molecule has 72 valence electrons. The summed E-state index contributed by atoms with van der Waals surface area (Å²) < 4.78 is 0. The van der Waals surface area contributed by atoms with Crippen molar-refractivity contribution in [1.82, 2.24) is 15.0 Å². The molecule has 0 aliphatic carbocycles. The van der Waals surface area contributed by atoms with Crippen LogP contribution in [0.15, 0.2) is 24.8 Å². The number of H-pyrrole nitrogens is 1. The lowest BCUT2D eigenvalue weighted by Crippen LogP contribution is -2.72. The van der Waals surface area contributed by atoms with Crippen molar-refractivity contribution in [1.29, 1.82) is 0 Å². The first-order chi connectivity index (χ1) is 6.83. The van der Waals surface area contributed by atoms with Crippen molar-refractivity contribution in [2.24, 2.45) is 0 Å². The van der Waals surface area contributed by atoms with Crippen LogP contribution in [-0.4, -0.2) is 22.0 Å². The first-order valence-corrected chi connectivity index (χ1v) is 4.57. The smallest absolute Gasteiger partial charge is 0.141 e. The van der Waals surface area contributed by atoms with E-state index in [1.807, 2.05) is 24.6 Å². The van der Waals surface area contributed by atoms with E-state index in [0.29, 0.717) is 0 Å². The first kappa shape index (κ1) is 8.90. The quantitative estimate of drug-likeness (QED) is 0.723. The molecule has 3 N–H and O–H groups in total. The lowest BCUT2D eigenvalue weighted by molar-refractivity contribution is -0.555. The number of quaternary nitrogens is 1. The summed E-state index contributed by atoms with van der Waals surface area (Å²) in [4.78, 5) is 11.5. The zero-order valence-corrected chi connectivity index (χ0v) is 8.28. The van der Waals surface area contributed by atoms with Gasteiger partial charge in [0.25, 0.3) is 0 Å². The van der Waals surface area contributed by atoms with Gasteiger partial charge in [0.1, 0.15) is 12.0 Å². The molecule has 0 atom stereocenters. The molecule has 2 heterocycles. The van der Waals surface area contributed by atoms with Gasteiger partial charge in [-0.3, -0.25) is 0 Å². The number of nitrogens with one attached hydrogen (secondary N) is 1. The molecule has 0 aliphatic heterocycles. The van der Waals surface area contributed by atoms with E-state index >= 15 is 0 Å². The molecule has 4 nitrogen and oxygen atoms in total. The molecule has 0 radical (unpaired) electrons. The number of nitrogens with two attached hydrogens (primary N) is 1. The van der Waals surface area contributed by atoms with Gasteiger partial charge in [-0.15, -0.1) is 0 Å². The molecule has 0 fully saturated rings. The maximum atomic E-state index is 4.28. The minimum absolute atomic E-state index is 0.888. The number of aromatic nitrogens is 3. The monoisotopic (exact) mass is 189 g/mol. The second kappa shape index (κ2) is 3.59. The molecule has 0 saturated carbocycles. The van der Waals surface area contributed by atoms with Crippen LogP contribution >= 0.6 is 0 Å². The van der Waals surface area contributed by atoms with Crippen LogP contribution in [0.5, 0.6) is 0 Å². The van der Waals surface area contributed by atoms with Crippen LogP contribution in [0.25, 0.3) is 16.6 Å². The Hall–Kier alpha value is -1.68. The third kappa shape index (κ3) is 1.40. The summed E-state index contributed by atoms with van der Waals surface area (Å²) in [6.45, 7) is 2.05. The Kier molecular flexibility index (Phi) is 2.28. The van der Waals surface area contributed by atoms with Crippen LogP contribution < -0.4 is 5.32 Å². The summed E-state index contributed by atoms with van der Waals surface area (Å²) in [5, 5.41) is 3.08. The van der Waals surface area contributed by atoms with Gasteiger partial charge >= 0.3 is 0 Å². The highest BCUT2D eigenvalue weighted by Crippen LogP contribution is 2.18. The van der Waals surface area contributed by atoms with Crippen LogP contribution in [0.3, 0.4) is 0 Å². The summed E-state index contributed by atoms with van der Waals surface area (Å²) in [5.41, 5.74) is 3.03. The molecule has 0 spiro atoms. The Morgan fingerprint density at radius 3 is 3.14 bits per heavy atom. The normalized spacial score (nSPS) is 12.3. The van der Waals surface area contributed by atoms with Crippen LogP contribution in [0.1, 0.15) is 12.6 Å². The van der Waals surface area contributed by atoms with Crippen LogP contribution in [-0.2, 0) is 0 Å². The molecule has 0 aromatic carbocycles. The van der Waals surface area contributed by atoms with E-state index < -0.39 is 0 Å².